The third-order valence-electron chi connectivity index (χ3n) is 3.59. The van der Waals surface area contributed by atoms with Gasteiger partial charge in [0.25, 0.3) is 0 Å². The van der Waals surface area contributed by atoms with Crippen molar-refractivity contribution in [3.8, 4) is 0 Å². The number of nitrogens with one attached hydrogen (secondary N) is 1. The van der Waals surface area contributed by atoms with Crippen LogP contribution in [0.25, 0.3) is 0 Å². The molecule has 1 aliphatic rings. The van der Waals surface area contributed by atoms with E-state index in [2.05, 4.69) is 5.32 Å². The second kappa shape index (κ2) is 7.82. The fourth-order valence-electron chi connectivity index (χ4n) is 2.80. The first-order valence-corrected chi connectivity index (χ1v) is 7.18. The summed E-state index contributed by atoms with van der Waals surface area (Å²) in [6.45, 7) is 5.45. The van der Waals surface area contributed by atoms with Crippen molar-refractivity contribution in [3.05, 3.63) is 0 Å². The minimum atomic E-state index is -0.599. The summed E-state index contributed by atoms with van der Waals surface area (Å²) in [4.78, 5) is 11.8. The first-order valence-electron chi connectivity index (χ1n) is 7.18. The van der Waals surface area contributed by atoms with Crippen LogP contribution in [0, 0.1) is 0 Å². The van der Waals surface area contributed by atoms with Gasteiger partial charge in [0.05, 0.1) is 6.10 Å². The molecule has 2 unspecified atom stereocenters. The summed E-state index contributed by atoms with van der Waals surface area (Å²) in [6, 6.07) is 0.236. The van der Waals surface area contributed by atoms with E-state index in [1.54, 1.807) is 7.11 Å². The molecule has 112 valence electrons. The maximum atomic E-state index is 11.8. The molecular formula is C14H28N2O3. The number of ether oxygens (including phenoxy) is 2. The van der Waals surface area contributed by atoms with Gasteiger partial charge in [-0.1, -0.05) is 0 Å². The Labute approximate surface area is 116 Å². The van der Waals surface area contributed by atoms with Crippen LogP contribution >= 0.6 is 0 Å². The first kappa shape index (κ1) is 16.4. The minimum absolute atomic E-state index is 0.115. The van der Waals surface area contributed by atoms with Crippen molar-refractivity contribution in [2.24, 2.45) is 5.73 Å². The first-order chi connectivity index (χ1) is 9.00. The Bertz CT molecular complexity index is 284. The predicted molar refractivity (Wildman–Crippen MR) is 74.9 cm³/mol. The van der Waals surface area contributed by atoms with E-state index >= 15 is 0 Å². The van der Waals surface area contributed by atoms with Crippen molar-refractivity contribution in [2.45, 2.75) is 63.6 Å². The van der Waals surface area contributed by atoms with Crippen LogP contribution in [0.5, 0.6) is 0 Å². The quantitative estimate of drug-likeness (QED) is 0.651. The molecule has 0 bridgehead atoms. The third kappa shape index (κ3) is 5.09. The summed E-state index contributed by atoms with van der Waals surface area (Å²) >= 11 is 0. The Morgan fingerprint density at radius 3 is 2.79 bits per heavy atom. The standard InChI is InChI=1S/C14H28N2O3/c1-11(2)16-14(13(15)17)7-4-6-12(10-14)19-9-5-8-18-3/h11-12,16H,4-10H2,1-3H3,(H2,15,17). The fourth-order valence-corrected chi connectivity index (χ4v) is 2.80. The molecule has 0 spiro atoms. The van der Waals surface area contributed by atoms with E-state index in [-0.39, 0.29) is 18.1 Å². The zero-order valence-electron chi connectivity index (χ0n) is 12.4. The van der Waals surface area contributed by atoms with Gasteiger partial charge >= 0.3 is 0 Å². The summed E-state index contributed by atoms with van der Waals surface area (Å²) in [7, 11) is 1.69. The van der Waals surface area contributed by atoms with E-state index in [9.17, 15) is 4.79 Å². The van der Waals surface area contributed by atoms with Gasteiger partial charge in [0.1, 0.15) is 5.54 Å². The highest BCUT2D eigenvalue weighted by Gasteiger charge is 2.41. The number of hydrogen-bond acceptors (Lipinski definition) is 4. The molecule has 0 aromatic heterocycles. The van der Waals surface area contributed by atoms with Crippen molar-refractivity contribution in [2.75, 3.05) is 20.3 Å². The maximum Gasteiger partial charge on any atom is 0.237 e. The molecule has 19 heavy (non-hydrogen) atoms. The third-order valence-corrected chi connectivity index (χ3v) is 3.59. The molecule has 0 aromatic rings. The van der Waals surface area contributed by atoms with Crippen molar-refractivity contribution in [3.63, 3.8) is 0 Å². The lowest BCUT2D eigenvalue weighted by Crippen LogP contribution is -2.60. The molecule has 0 aromatic carbocycles. The van der Waals surface area contributed by atoms with Gasteiger partial charge in [0.15, 0.2) is 0 Å². The van der Waals surface area contributed by atoms with Crippen LogP contribution in [-0.2, 0) is 14.3 Å². The van der Waals surface area contributed by atoms with Gasteiger partial charge in [-0.15, -0.1) is 0 Å². The van der Waals surface area contributed by atoms with E-state index in [1.165, 1.54) is 0 Å². The Morgan fingerprint density at radius 2 is 2.21 bits per heavy atom. The smallest absolute Gasteiger partial charge is 0.237 e. The fraction of sp³-hybridized carbons (Fsp3) is 0.929. The normalized spacial score (nSPS) is 27.7. The van der Waals surface area contributed by atoms with Crippen LogP contribution in [0.2, 0.25) is 0 Å². The summed E-state index contributed by atoms with van der Waals surface area (Å²) in [5.74, 6) is -0.258. The van der Waals surface area contributed by atoms with Gasteiger partial charge in [-0.3, -0.25) is 4.79 Å². The van der Waals surface area contributed by atoms with Crippen LogP contribution in [0.15, 0.2) is 0 Å². The Morgan fingerprint density at radius 1 is 1.47 bits per heavy atom. The van der Waals surface area contributed by atoms with E-state index in [0.29, 0.717) is 19.6 Å². The second-order valence-electron chi connectivity index (χ2n) is 5.68. The average Bonchev–Trinajstić information content (AvgIpc) is 2.34. The molecular weight excluding hydrogens is 244 g/mol. The van der Waals surface area contributed by atoms with Gasteiger partial charge in [-0.05, 0) is 39.5 Å². The van der Waals surface area contributed by atoms with E-state index in [0.717, 1.165) is 25.7 Å². The SMILES string of the molecule is COCCCOC1CCCC(NC(C)C)(C(N)=O)C1. The zero-order valence-corrected chi connectivity index (χ0v) is 12.4. The molecule has 0 saturated heterocycles. The van der Waals surface area contributed by atoms with Crippen molar-refractivity contribution in [1.82, 2.24) is 5.32 Å². The van der Waals surface area contributed by atoms with E-state index < -0.39 is 5.54 Å². The van der Waals surface area contributed by atoms with E-state index in [4.69, 9.17) is 15.2 Å². The van der Waals surface area contributed by atoms with Crippen LogP contribution < -0.4 is 11.1 Å². The molecule has 5 heteroatoms. The minimum Gasteiger partial charge on any atom is -0.385 e. The number of rotatable bonds is 8. The van der Waals surface area contributed by atoms with Gasteiger partial charge in [0, 0.05) is 32.8 Å². The molecule has 3 N–H and O–H groups in total. The van der Waals surface area contributed by atoms with Crippen molar-refractivity contribution < 1.29 is 14.3 Å². The lowest BCUT2D eigenvalue weighted by atomic mass is 9.79. The molecule has 0 radical (unpaired) electrons. The van der Waals surface area contributed by atoms with Gasteiger partial charge in [-0.25, -0.2) is 0 Å². The predicted octanol–water partition coefficient (Wildman–Crippen LogP) is 1.20. The maximum absolute atomic E-state index is 11.8. The molecule has 1 aliphatic carbocycles. The van der Waals surface area contributed by atoms with Crippen molar-refractivity contribution in [1.29, 1.82) is 0 Å². The monoisotopic (exact) mass is 272 g/mol. The number of amides is 1. The number of carbonyl (C=O) groups is 1. The lowest BCUT2D eigenvalue weighted by Gasteiger charge is -2.40. The van der Waals surface area contributed by atoms with Gasteiger partial charge in [0.2, 0.25) is 5.91 Å². The van der Waals surface area contributed by atoms with E-state index in [1.807, 2.05) is 13.8 Å². The van der Waals surface area contributed by atoms with Crippen LogP contribution in [0.3, 0.4) is 0 Å². The van der Waals surface area contributed by atoms with Gasteiger partial charge in [-0.2, -0.15) is 0 Å². The Balaban J connectivity index is 2.51. The van der Waals surface area contributed by atoms with Crippen molar-refractivity contribution >= 4 is 5.91 Å². The molecule has 5 nitrogen and oxygen atoms in total. The summed E-state index contributed by atoms with van der Waals surface area (Å²) in [5.41, 5.74) is 5.01. The highest BCUT2D eigenvalue weighted by Crippen LogP contribution is 2.30. The largest absolute Gasteiger partial charge is 0.385 e. The summed E-state index contributed by atoms with van der Waals surface area (Å²) in [6.07, 6.45) is 4.45. The Hall–Kier alpha value is -0.650. The zero-order chi connectivity index (χ0) is 14.3. The van der Waals surface area contributed by atoms with Crippen LogP contribution in [0.4, 0.5) is 0 Å². The number of primary amides is 1. The number of nitrogens with two attached hydrogens (primary N) is 1. The highest BCUT2D eigenvalue weighted by molar-refractivity contribution is 5.84. The number of hydrogen-bond donors (Lipinski definition) is 2. The van der Waals surface area contributed by atoms with Crippen LogP contribution in [0.1, 0.15) is 46.0 Å². The molecule has 0 aliphatic heterocycles. The second-order valence-corrected chi connectivity index (χ2v) is 5.68. The Kier molecular flexibility index (Phi) is 6.75. The molecule has 0 heterocycles. The molecule has 1 saturated carbocycles. The highest BCUT2D eigenvalue weighted by atomic mass is 16.5. The molecule has 1 fully saturated rings. The molecule has 2 atom stereocenters. The average molecular weight is 272 g/mol. The topological polar surface area (TPSA) is 73.6 Å². The van der Waals surface area contributed by atoms with Gasteiger partial charge < -0.3 is 20.5 Å². The van der Waals surface area contributed by atoms with Crippen LogP contribution in [-0.4, -0.2) is 43.9 Å². The molecule has 1 amide bonds. The number of methoxy groups -OCH3 is 1. The molecule has 1 rings (SSSR count). The number of carbonyl (C=O) groups excluding carboxylic acids is 1. The lowest BCUT2D eigenvalue weighted by molar-refractivity contribution is -0.129. The summed E-state index contributed by atoms with van der Waals surface area (Å²) < 4.78 is 10.8. The summed E-state index contributed by atoms with van der Waals surface area (Å²) in [5, 5.41) is 3.35.